The number of rotatable bonds is 4. The molecule has 0 saturated carbocycles. The maximum Gasteiger partial charge on any atom is 0.301 e. The zero-order chi connectivity index (χ0) is 22.1. The van der Waals surface area contributed by atoms with E-state index in [2.05, 4.69) is 20.9 Å². The molecule has 0 spiro atoms. The Labute approximate surface area is 184 Å². The molecule has 1 aromatic heterocycles. The number of non-ortho nitro benzene ring substituents is 1. The summed E-state index contributed by atoms with van der Waals surface area (Å²) in [4.78, 5) is 41.8. The van der Waals surface area contributed by atoms with Crippen molar-refractivity contribution in [3.63, 3.8) is 0 Å². The molecule has 1 N–H and O–H groups in total. The monoisotopic (exact) mass is 479 g/mol. The average Bonchev–Trinajstić information content (AvgIpc) is 3.05. The quantitative estimate of drug-likeness (QED) is 0.195. The third-order valence-electron chi connectivity index (χ3n) is 4.88. The first kappa shape index (κ1) is 20.4. The number of nitrogens with zero attached hydrogens (tertiary/aromatic N) is 3. The summed E-state index contributed by atoms with van der Waals surface area (Å²) < 4.78 is 0.782. The van der Waals surface area contributed by atoms with Gasteiger partial charge in [0, 0.05) is 28.4 Å². The second-order valence-electron chi connectivity index (χ2n) is 6.71. The van der Waals surface area contributed by atoms with E-state index in [1.807, 2.05) is 0 Å². The number of aliphatic hydroxyl groups excluding tert-OH is 1. The summed E-state index contributed by atoms with van der Waals surface area (Å²) in [6, 6.07) is 16.0. The van der Waals surface area contributed by atoms with Gasteiger partial charge in [-0.3, -0.25) is 24.6 Å². The molecule has 1 aliphatic heterocycles. The van der Waals surface area contributed by atoms with Crippen LogP contribution in [0.3, 0.4) is 0 Å². The van der Waals surface area contributed by atoms with Crippen LogP contribution in [0.1, 0.15) is 17.2 Å². The first-order valence-electron chi connectivity index (χ1n) is 9.11. The lowest BCUT2D eigenvalue weighted by Crippen LogP contribution is -2.30. The summed E-state index contributed by atoms with van der Waals surface area (Å²) in [6.45, 7) is 0. The van der Waals surface area contributed by atoms with Crippen molar-refractivity contribution in [2.75, 3.05) is 4.90 Å². The molecule has 31 heavy (non-hydrogen) atoms. The molecule has 2 aromatic carbocycles. The van der Waals surface area contributed by atoms with Crippen molar-refractivity contribution in [3.8, 4) is 0 Å². The molecular formula is C22H14BrN3O5. The summed E-state index contributed by atoms with van der Waals surface area (Å²) in [5.41, 5.74) is 0.529. The molecule has 8 nitrogen and oxygen atoms in total. The summed E-state index contributed by atoms with van der Waals surface area (Å²) in [6.07, 6.45) is 1.48. The highest BCUT2D eigenvalue weighted by Gasteiger charge is 2.47. The molecule has 1 saturated heterocycles. The number of pyridine rings is 1. The smallest absolute Gasteiger partial charge is 0.301 e. The Morgan fingerprint density at radius 1 is 1.03 bits per heavy atom. The van der Waals surface area contributed by atoms with Gasteiger partial charge in [0.05, 0.1) is 16.5 Å². The maximum absolute atomic E-state index is 13.0. The number of nitro benzene ring substituents is 1. The number of amides is 1. The lowest BCUT2D eigenvalue weighted by Gasteiger charge is -2.24. The summed E-state index contributed by atoms with van der Waals surface area (Å²) in [5, 5.41) is 22.0. The predicted octanol–water partition coefficient (Wildman–Crippen LogP) is 4.38. The van der Waals surface area contributed by atoms with Gasteiger partial charge in [0.1, 0.15) is 11.6 Å². The zero-order valence-corrected chi connectivity index (χ0v) is 17.4. The van der Waals surface area contributed by atoms with Crippen LogP contribution < -0.4 is 4.90 Å². The molecule has 1 fully saturated rings. The minimum Gasteiger partial charge on any atom is -0.507 e. The van der Waals surface area contributed by atoms with Crippen LogP contribution in [0.15, 0.2) is 83.0 Å². The van der Waals surface area contributed by atoms with Gasteiger partial charge in [-0.2, -0.15) is 0 Å². The number of nitro groups is 1. The molecule has 0 unspecified atom stereocenters. The van der Waals surface area contributed by atoms with Crippen LogP contribution >= 0.6 is 15.9 Å². The Hall–Kier alpha value is -3.85. The minimum atomic E-state index is -1.00. The van der Waals surface area contributed by atoms with Crippen molar-refractivity contribution in [1.29, 1.82) is 0 Å². The number of carbonyl (C=O) groups is 2. The minimum absolute atomic E-state index is 0.119. The van der Waals surface area contributed by atoms with Gasteiger partial charge in [0.15, 0.2) is 0 Å². The van der Waals surface area contributed by atoms with Crippen molar-refractivity contribution in [3.05, 3.63) is 104 Å². The topological polar surface area (TPSA) is 114 Å². The molecule has 9 heteroatoms. The number of benzene rings is 2. The number of aromatic nitrogens is 1. The highest BCUT2D eigenvalue weighted by Crippen LogP contribution is 2.41. The van der Waals surface area contributed by atoms with E-state index in [9.17, 15) is 24.8 Å². The fraction of sp³-hybridized carbons (Fsp3) is 0.0455. The van der Waals surface area contributed by atoms with E-state index in [4.69, 9.17) is 0 Å². The number of anilines is 1. The fourth-order valence-electron chi connectivity index (χ4n) is 3.42. The Kier molecular flexibility index (Phi) is 5.35. The van der Waals surface area contributed by atoms with Crippen LogP contribution in [-0.4, -0.2) is 26.7 Å². The number of hydrogen-bond donors (Lipinski definition) is 1. The summed E-state index contributed by atoms with van der Waals surface area (Å²) >= 11 is 3.32. The molecule has 154 valence electrons. The number of ketones is 1. The van der Waals surface area contributed by atoms with Crippen LogP contribution in [0.4, 0.5) is 11.5 Å². The van der Waals surface area contributed by atoms with Crippen LogP contribution in [-0.2, 0) is 9.59 Å². The van der Waals surface area contributed by atoms with E-state index in [1.54, 1.807) is 42.5 Å². The summed E-state index contributed by atoms with van der Waals surface area (Å²) in [7, 11) is 0. The standard InChI is InChI=1S/C22H14BrN3O5/c23-15-8-4-14(5-9-15)20(27)18-19(13-6-10-16(11-7-13)26(30)31)25(22(29)21(18)28)17-3-1-2-12-24-17/h1-12,19,27H/t19-/m0/s1. The Bertz CT molecular complexity index is 1210. The van der Waals surface area contributed by atoms with Gasteiger partial charge >= 0.3 is 5.91 Å². The number of carbonyl (C=O) groups excluding carboxylic acids is 2. The number of halogens is 1. The SMILES string of the molecule is O=C1C(=O)N(c2ccccn2)[C@@H](c2ccc([N+](=O)[O-])cc2)C1=C(O)c1ccc(Br)cc1. The number of hydrogen-bond acceptors (Lipinski definition) is 6. The van der Waals surface area contributed by atoms with Gasteiger partial charge < -0.3 is 5.11 Å². The number of Topliss-reactive ketones (excluding diaryl/α,β-unsaturated/α-hetero) is 1. The van der Waals surface area contributed by atoms with Crippen molar-refractivity contribution < 1.29 is 19.6 Å². The molecule has 0 radical (unpaired) electrons. The molecule has 3 aromatic rings. The highest BCUT2D eigenvalue weighted by molar-refractivity contribution is 9.10. The average molecular weight is 480 g/mol. The van der Waals surface area contributed by atoms with E-state index >= 15 is 0 Å². The van der Waals surface area contributed by atoms with Gasteiger partial charge in [-0.15, -0.1) is 0 Å². The molecule has 1 amide bonds. The van der Waals surface area contributed by atoms with Crippen LogP contribution in [0.25, 0.3) is 5.76 Å². The fourth-order valence-corrected chi connectivity index (χ4v) is 3.69. The van der Waals surface area contributed by atoms with E-state index in [1.165, 1.54) is 35.4 Å². The molecule has 0 aliphatic carbocycles. The molecule has 1 atom stereocenters. The lowest BCUT2D eigenvalue weighted by molar-refractivity contribution is -0.384. The molecule has 4 rings (SSSR count). The van der Waals surface area contributed by atoms with Crippen LogP contribution in [0.2, 0.25) is 0 Å². The van der Waals surface area contributed by atoms with Gasteiger partial charge in [0.2, 0.25) is 0 Å². The van der Waals surface area contributed by atoms with Crippen molar-refractivity contribution in [2.24, 2.45) is 0 Å². The van der Waals surface area contributed by atoms with E-state index in [0.29, 0.717) is 11.1 Å². The van der Waals surface area contributed by atoms with Gasteiger partial charge in [-0.05, 0) is 42.0 Å². The maximum atomic E-state index is 13.0. The predicted molar refractivity (Wildman–Crippen MR) is 116 cm³/mol. The second kappa shape index (κ2) is 8.11. The Morgan fingerprint density at radius 2 is 1.71 bits per heavy atom. The van der Waals surface area contributed by atoms with Gasteiger partial charge in [0.25, 0.3) is 11.5 Å². The summed E-state index contributed by atoms with van der Waals surface area (Å²) in [5.74, 6) is -1.83. The lowest BCUT2D eigenvalue weighted by atomic mass is 9.95. The normalized spacial score (nSPS) is 17.7. The first-order valence-corrected chi connectivity index (χ1v) is 9.90. The Morgan fingerprint density at radius 3 is 2.29 bits per heavy atom. The van der Waals surface area contributed by atoms with E-state index in [-0.39, 0.29) is 22.8 Å². The molecule has 2 heterocycles. The van der Waals surface area contributed by atoms with E-state index in [0.717, 1.165) is 4.47 Å². The zero-order valence-electron chi connectivity index (χ0n) is 15.8. The van der Waals surface area contributed by atoms with Gasteiger partial charge in [-0.1, -0.05) is 34.1 Å². The van der Waals surface area contributed by atoms with E-state index < -0.39 is 22.7 Å². The van der Waals surface area contributed by atoms with Crippen molar-refractivity contribution in [2.45, 2.75) is 6.04 Å². The highest BCUT2D eigenvalue weighted by atomic mass is 79.9. The van der Waals surface area contributed by atoms with Crippen molar-refractivity contribution >= 4 is 44.9 Å². The first-order chi connectivity index (χ1) is 14.9. The van der Waals surface area contributed by atoms with Crippen LogP contribution in [0, 0.1) is 10.1 Å². The Balaban J connectivity index is 1.92. The third-order valence-corrected chi connectivity index (χ3v) is 5.41. The van der Waals surface area contributed by atoms with Crippen molar-refractivity contribution in [1.82, 2.24) is 4.98 Å². The van der Waals surface area contributed by atoms with Gasteiger partial charge in [-0.25, -0.2) is 4.98 Å². The van der Waals surface area contributed by atoms with Crippen LogP contribution in [0.5, 0.6) is 0 Å². The molecule has 0 bridgehead atoms. The second-order valence-corrected chi connectivity index (χ2v) is 7.63. The molecule has 1 aliphatic rings. The largest absolute Gasteiger partial charge is 0.507 e. The third kappa shape index (κ3) is 3.71. The molecular weight excluding hydrogens is 466 g/mol. The number of aliphatic hydroxyl groups is 1.